The van der Waals surface area contributed by atoms with Gasteiger partial charge in [0.25, 0.3) is 13.4 Å². The molecule has 0 aliphatic carbocycles. The smallest absolute Gasteiger partial charge is 0.252 e. The van der Waals surface area contributed by atoms with Crippen molar-refractivity contribution >= 4 is 149 Å². The molecule has 0 atom stereocenters. The zero-order valence-corrected chi connectivity index (χ0v) is 52.6. The van der Waals surface area contributed by atoms with Gasteiger partial charge in [-0.1, -0.05) is 188 Å². The molecule has 4 heterocycles. The number of rotatable bonds is 10. The number of fused-ring (bicyclic) bond motifs is 8. The maximum Gasteiger partial charge on any atom is 0.252 e. The highest BCUT2D eigenvalue weighted by atomic mass is 15.2. The maximum absolute atomic E-state index is 2.64. The van der Waals surface area contributed by atoms with Crippen molar-refractivity contribution in [2.24, 2.45) is 0 Å². The van der Waals surface area contributed by atoms with E-state index in [4.69, 9.17) is 0 Å². The fraction of sp³-hybridized carbons (Fsp3) is 0.0714. The van der Waals surface area contributed by atoms with Crippen LogP contribution in [0.5, 0.6) is 0 Å². The van der Waals surface area contributed by atoms with E-state index < -0.39 is 0 Å². The van der Waals surface area contributed by atoms with Crippen molar-refractivity contribution < 1.29 is 0 Å². The van der Waals surface area contributed by atoms with Gasteiger partial charge in [0.1, 0.15) is 0 Å². The third-order valence-corrected chi connectivity index (χ3v) is 19.7. The second-order valence-corrected chi connectivity index (χ2v) is 25.2. The SMILES string of the molecule is Cc1ccccc1N(c1cc2c3c(c1)N(c1ccccc1)c1cc4c(cc1B3c1ccccc1N2c1ccccc1)B1c2ccccc2N(c2ccccc2)c2cc(N(c3ccccc3C)c3c(C)cccc3C)cc(c21)N4c1ccccc1)c1c(C)cccc1C. The molecular weight excluding hydrogens is 1110 g/mol. The van der Waals surface area contributed by atoms with Crippen LogP contribution in [0.3, 0.4) is 0 Å². The quantitative estimate of drug-likeness (QED) is 0.126. The number of para-hydroxylation sites is 10. The summed E-state index contributed by atoms with van der Waals surface area (Å²) in [4.78, 5) is 15.3. The minimum atomic E-state index is -0.161. The molecule has 0 saturated carbocycles. The van der Waals surface area contributed by atoms with E-state index in [0.29, 0.717) is 0 Å². The highest BCUT2D eigenvalue weighted by Gasteiger charge is 2.49. The zero-order chi connectivity index (χ0) is 61.9. The monoisotopic (exact) mass is 1180 g/mol. The number of hydrogen-bond donors (Lipinski definition) is 0. The predicted molar refractivity (Wildman–Crippen MR) is 392 cm³/mol. The Labute approximate surface area is 540 Å². The Morgan fingerprint density at radius 1 is 0.228 bits per heavy atom. The largest absolute Gasteiger partial charge is 0.311 e. The summed E-state index contributed by atoms with van der Waals surface area (Å²) in [6.45, 7) is 13.2. The molecule has 0 amide bonds. The number of benzene rings is 13. The van der Waals surface area contributed by atoms with Crippen LogP contribution in [0.1, 0.15) is 33.4 Å². The maximum atomic E-state index is 2.64. The van der Waals surface area contributed by atoms with Crippen molar-refractivity contribution in [3.63, 3.8) is 0 Å². The van der Waals surface area contributed by atoms with E-state index in [2.05, 4.69) is 362 Å². The van der Waals surface area contributed by atoms with Crippen molar-refractivity contribution in [2.45, 2.75) is 41.5 Å². The molecule has 0 fully saturated rings. The summed E-state index contributed by atoms with van der Waals surface area (Å²) in [7, 11) is 0. The minimum Gasteiger partial charge on any atom is -0.311 e. The van der Waals surface area contributed by atoms with Gasteiger partial charge in [-0.15, -0.1) is 0 Å². The van der Waals surface area contributed by atoms with Crippen LogP contribution in [0.2, 0.25) is 0 Å². The van der Waals surface area contributed by atoms with Crippen molar-refractivity contribution in [1.29, 1.82) is 0 Å². The highest BCUT2D eigenvalue weighted by molar-refractivity contribution is 7.03. The first kappa shape index (κ1) is 54.9. The molecule has 0 saturated heterocycles. The van der Waals surface area contributed by atoms with Gasteiger partial charge in [0.2, 0.25) is 0 Å². The van der Waals surface area contributed by atoms with Crippen molar-refractivity contribution in [3.8, 4) is 0 Å². The standard InChI is InChI=1S/C84H66B2N6/c1-55-29-19-23-45-71(55)91(83-57(3)31-27-32-58(83)4)65-49-77-81-79(51-65)89(63-39-15-9-16-40-63)75-54-76-70(53-69(75)85(81)67-43-21-25-47-73(67)87(77)61-35-11-7-12-36-61)86-68-44-22-26-48-74(68)88(62-37-13-8-14-38-62)78-50-66(52-80(82(78)86)90(76)64-41-17-10-18-42-64)92(72-46-24-20-30-56(72)2)84-59(5)33-28-34-60(84)6/h7-54H,1-6H3. The van der Waals surface area contributed by atoms with E-state index in [9.17, 15) is 0 Å². The van der Waals surface area contributed by atoms with Crippen LogP contribution in [0.15, 0.2) is 291 Å². The molecular formula is C84H66B2N6. The minimum absolute atomic E-state index is 0.161. The second-order valence-electron chi connectivity index (χ2n) is 25.2. The lowest BCUT2D eigenvalue weighted by molar-refractivity contribution is 1.18. The van der Waals surface area contributed by atoms with Gasteiger partial charge in [0.15, 0.2) is 0 Å². The van der Waals surface area contributed by atoms with Crippen LogP contribution in [-0.4, -0.2) is 13.4 Å². The van der Waals surface area contributed by atoms with E-state index in [0.717, 1.165) is 79.6 Å². The second kappa shape index (κ2) is 21.8. The van der Waals surface area contributed by atoms with Gasteiger partial charge in [-0.25, -0.2) is 0 Å². The molecule has 0 radical (unpaired) electrons. The number of hydrogen-bond acceptors (Lipinski definition) is 6. The average molecular weight is 1180 g/mol. The topological polar surface area (TPSA) is 19.4 Å². The summed E-state index contributed by atoms with van der Waals surface area (Å²) < 4.78 is 0. The summed E-state index contributed by atoms with van der Waals surface area (Å²) in [5.41, 5.74) is 35.2. The Morgan fingerprint density at radius 3 is 0.848 bits per heavy atom. The van der Waals surface area contributed by atoms with Crippen molar-refractivity contribution in [3.05, 3.63) is 325 Å². The van der Waals surface area contributed by atoms with Crippen LogP contribution >= 0.6 is 0 Å². The van der Waals surface area contributed by atoms with Gasteiger partial charge in [-0.2, -0.15) is 0 Å². The van der Waals surface area contributed by atoms with E-state index in [1.54, 1.807) is 0 Å². The molecule has 6 nitrogen and oxygen atoms in total. The van der Waals surface area contributed by atoms with Crippen LogP contribution in [0, 0.1) is 41.5 Å². The Balaban J connectivity index is 1.01. The van der Waals surface area contributed by atoms with Crippen molar-refractivity contribution in [2.75, 3.05) is 29.4 Å². The lowest BCUT2D eigenvalue weighted by Crippen LogP contribution is -2.65. The zero-order valence-electron chi connectivity index (χ0n) is 52.6. The van der Waals surface area contributed by atoms with E-state index >= 15 is 0 Å². The molecule has 13 aromatic rings. The lowest BCUT2D eigenvalue weighted by atomic mass is 9.30. The summed E-state index contributed by atoms with van der Waals surface area (Å²) in [6.07, 6.45) is 0. The first-order valence-corrected chi connectivity index (χ1v) is 32.2. The third kappa shape index (κ3) is 8.50. The Bertz CT molecular complexity index is 4720. The molecule has 0 spiro atoms. The summed E-state index contributed by atoms with van der Waals surface area (Å²) >= 11 is 0. The molecule has 0 N–H and O–H groups in total. The van der Waals surface area contributed by atoms with Crippen LogP contribution in [-0.2, 0) is 0 Å². The summed E-state index contributed by atoms with van der Waals surface area (Å²) in [5.74, 6) is 0. The van der Waals surface area contributed by atoms with Gasteiger partial charge in [0.05, 0.1) is 22.7 Å². The molecule has 0 bridgehead atoms. The first-order valence-electron chi connectivity index (χ1n) is 32.2. The van der Waals surface area contributed by atoms with Gasteiger partial charge in [0, 0.05) is 79.6 Å². The molecule has 4 aliphatic heterocycles. The molecule has 0 aromatic heterocycles. The van der Waals surface area contributed by atoms with E-state index in [1.165, 1.54) is 88.9 Å². The fourth-order valence-corrected chi connectivity index (χ4v) is 15.8. The van der Waals surface area contributed by atoms with Gasteiger partial charge >= 0.3 is 0 Å². The molecule has 92 heavy (non-hydrogen) atoms. The van der Waals surface area contributed by atoms with E-state index in [-0.39, 0.29) is 13.4 Å². The molecule has 17 rings (SSSR count). The lowest BCUT2D eigenvalue weighted by Gasteiger charge is -2.48. The number of aryl methyl sites for hydroxylation is 6. The van der Waals surface area contributed by atoms with Crippen LogP contribution in [0.25, 0.3) is 0 Å². The Kier molecular flexibility index (Phi) is 13.0. The Morgan fingerprint density at radius 2 is 0.511 bits per heavy atom. The highest BCUT2D eigenvalue weighted by Crippen LogP contribution is 2.53. The fourth-order valence-electron chi connectivity index (χ4n) is 15.8. The van der Waals surface area contributed by atoms with E-state index in [1.807, 2.05) is 0 Å². The summed E-state index contributed by atoms with van der Waals surface area (Å²) in [6, 6.07) is 109. The molecule has 8 heteroatoms. The van der Waals surface area contributed by atoms with Crippen LogP contribution < -0.4 is 62.2 Å². The van der Waals surface area contributed by atoms with Gasteiger partial charge < -0.3 is 29.4 Å². The third-order valence-electron chi connectivity index (χ3n) is 19.7. The predicted octanol–water partition coefficient (Wildman–Crippen LogP) is 18.6. The molecule has 0 unspecified atom stereocenters. The molecule has 4 aliphatic rings. The first-order chi connectivity index (χ1) is 45.2. The number of anilines is 18. The molecule has 438 valence electrons. The average Bonchev–Trinajstić information content (AvgIpc) is 0.687. The Hall–Kier alpha value is -11.2. The van der Waals surface area contributed by atoms with Gasteiger partial charge in [-0.05, 0) is 211 Å². The van der Waals surface area contributed by atoms with Crippen LogP contribution in [0.4, 0.5) is 102 Å². The molecule has 13 aromatic carbocycles. The normalized spacial score (nSPS) is 13.0. The summed E-state index contributed by atoms with van der Waals surface area (Å²) in [5, 5.41) is 0. The van der Waals surface area contributed by atoms with Gasteiger partial charge in [-0.3, -0.25) is 0 Å². The van der Waals surface area contributed by atoms with Crippen molar-refractivity contribution in [1.82, 2.24) is 0 Å². The number of nitrogens with zero attached hydrogens (tertiary/aromatic N) is 6.